The first kappa shape index (κ1) is 12.0. The lowest BCUT2D eigenvalue weighted by atomic mass is 10.2. The molecule has 0 radical (unpaired) electrons. The predicted octanol–water partition coefficient (Wildman–Crippen LogP) is 3.14. The van der Waals surface area contributed by atoms with Crippen molar-refractivity contribution < 1.29 is 0 Å². The first-order valence-electron chi connectivity index (χ1n) is 6.78. The largest absolute Gasteiger partial charge is 0.397 e. The van der Waals surface area contributed by atoms with Crippen LogP contribution in [-0.4, -0.2) is 11.0 Å². The highest BCUT2D eigenvalue weighted by Gasteiger charge is 2.30. The Bertz CT molecular complexity index is 561. The van der Waals surface area contributed by atoms with Crippen LogP contribution in [-0.2, 0) is 6.54 Å². The number of hydrogen-bond donors (Lipinski definition) is 1. The van der Waals surface area contributed by atoms with Gasteiger partial charge in [0, 0.05) is 12.6 Å². The summed E-state index contributed by atoms with van der Waals surface area (Å²) >= 11 is 0. The molecule has 1 saturated carbocycles. The minimum absolute atomic E-state index is 0.635. The number of aromatic nitrogens is 1. The van der Waals surface area contributed by atoms with Crippen molar-refractivity contribution in [2.75, 3.05) is 10.6 Å². The molecule has 1 aromatic carbocycles. The van der Waals surface area contributed by atoms with E-state index in [0.29, 0.717) is 6.04 Å². The van der Waals surface area contributed by atoms with Gasteiger partial charge in [-0.3, -0.25) is 0 Å². The van der Waals surface area contributed by atoms with Crippen LogP contribution >= 0.6 is 0 Å². The normalized spacial score (nSPS) is 14.4. The molecule has 2 aromatic rings. The van der Waals surface area contributed by atoms with E-state index in [4.69, 9.17) is 5.73 Å². The van der Waals surface area contributed by atoms with Crippen molar-refractivity contribution in [3.05, 3.63) is 53.7 Å². The summed E-state index contributed by atoms with van der Waals surface area (Å²) in [6, 6.07) is 15.2. The van der Waals surface area contributed by atoms with Gasteiger partial charge in [0.2, 0.25) is 0 Å². The van der Waals surface area contributed by atoms with E-state index in [1.54, 1.807) is 0 Å². The lowest BCUT2D eigenvalue weighted by molar-refractivity contribution is 0.776. The van der Waals surface area contributed by atoms with Gasteiger partial charge in [-0.25, -0.2) is 4.98 Å². The van der Waals surface area contributed by atoms with Crippen LogP contribution in [0.15, 0.2) is 42.5 Å². The Balaban J connectivity index is 1.86. The standard InChI is InChI=1S/C16H19N3/c1-12-15(17)9-10-16(18-12)19(14-7-8-14)11-13-5-3-2-4-6-13/h2-6,9-10,14H,7-8,11,17H2,1H3. The maximum atomic E-state index is 5.85. The molecule has 1 fully saturated rings. The van der Waals surface area contributed by atoms with Crippen LogP contribution in [0.2, 0.25) is 0 Å². The Morgan fingerprint density at radius 2 is 1.89 bits per heavy atom. The highest BCUT2D eigenvalue weighted by Crippen LogP contribution is 2.32. The van der Waals surface area contributed by atoms with Gasteiger partial charge in [0.25, 0.3) is 0 Å². The zero-order valence-electron chi connectivity index (χ0n) is 11.2. The zero-order valence-corrected chi connectivity index (χ0v) is 11.2. The highest BCUT2D eigenvalue weighted by atomic mass is 15.2. The lowest BCUT2D eigenvalue weighted by Crippen LogP contribution is -2.26. The van der Waals surface area contributed by atoms with E-state index in [9.17, 15) is 0 Å². The molecule has 1 aliphatic rings. The van der Waals surface area contributed by atoms with Crippen LogP contribution in [0.3, 0.4) is 0 Å². The van der Waals surface area contributed by atoms with E-state index in [0.717, 1.165) is 23.7 Å². The van der Waals surface area contributed by atoms with Gasteiger partial charge in [-0.1, -0.05) is 30.3 Å². The second kappa shape index (κ2) is 4.92. The third kappa shape index (κ3) is 2.70. The molecule has 0 aliphatic heterocycles. The summed E-state index contributed by atoms with van der Waals surface area (Å²) in [7, 11) is 0. The van der Waals surface area contributed by atoms with E-state index in [-0.39, 0.29) is 0 Å². The summed E-state index contributed by atoms with van der Waals surface area (Å²) in [6.07, 6.45) is 2.52. The minimum atomic E-state index is 0.635. The number of benzene rings is 1. The molecular formula is C16H19N3. The van der Waals surface area contributed by atoms with Gasteiger partial charge in [-0.15, -0.1) is 0 Å². The number of rotatable bonds is 4. The minimum Gasteiger partial charge on any atom is -0.397 e. The van der Waals surface area contributed by atoms with E-state index in [2.05, 4.69) is 40.2 Å². The second-order valence-electron chi connectivity index (χ2n) is 5.19. The molecule has 1 heterocycles. The fourth-order valence-electron chi connectivity index (χ4n) is 2.28. The predicted molar refractivity (Wildman–Crippen MR) is 79.0 cm³/mol. The maximum Gasteiger partial charge on any atom is 0.129 e. The molecule has 0 spiro atoms. The summed E-state index contributed by atoms with van der Waals surface area (Å²) in [5.41, 5.74) is 8.85. The first-order valence-corrected chi connectivity index (χ1v) is 6.78. The van der Waals surface area contributed by atoms with Gasteiger partial charge in [0.15, 0.2) is 0 Å². The molecule has 3 rings (SSSR count). The van der Waals surface area contributed by atoms with Crippen molar-refractivity contribution in [3.8, 4) is 0 Å². The maximum absolute atomic E-state index is 5.85. The quantitative estimate of drug-likeness (QED) is 0.910. The van der Waals surface area contributed by atoms with E-state index < -0.39 is 0 Å². The van der Waals surface area contributed by atoms with Crippen LogP contribution < -0.4 is 10.6 Å². The number of nitrogens with two attached hydrogens (primary N) is 1. The van der Waals surface area contributed by atoms with Crippen molar-refractivity contribution in [1.82, 2.24) is 4.98 Å². The monoisotopic (exact) mass is 253 g/mol. The number of pyridine rings is 1. The molecule has 0 atom stereocenters. The molecule has 0 amide bonds. The molecule has 2 N–H and O–H groups in total. The Labute approximate surface area is 114 Å². The Morgan fingerprint density at radius 3 is 2.53 bits per heavy atom. The molecule has 0 saturated heterocycles. The first-order chi connectivity index (χ1) is 9.24. The summed E-state index contributed by atoms with van der Waals surface area (Å²) < 4.78 is 0. The average Bonchev–Trinajstić information content (AvgIpc) is 3.25. The number of hydrogen-bond acceptors (Lipinski definition) is 3. The number of anilines is 2. The van der Waals surface area contributed by atoms with E-state index >= 15 is 0 Å². The summed E-state index contributed by atoms with van der Waals surface area (Å²) in [5, 5.41) is 0. The van der Waals surface area contributed by atoms with E-state index in [1.165, 1.54) is 18.4 Å². The van der Waals surface area contributed by atoms with Crippen LogP contribution in [0.1, 0.15) is 24.1 Å². The Hall–Kier alpha value is -2.03. The lowest BCUT2D eigenvalue weighted by Gasteiger charge is -2.24. The Kier molecular flexibility index (Phi) is 3.11. The summed E-state index contributed by atoms with van der Waals surface area (Å²) in [4.78, 5) is 7.02. The van der Waals surface area contributed by atoms with Crippen molar-refractivity contribution in [3.63, 3.8) is 0 Å². The molecule has 0 unspecified atom stereocenters. The van der Waals surface area contributed by atoms with Gasteiger partial charge < -0.3 is 10.6 Å². The SMILES string of the molecule is Cc1nc(N(Cc2ccccc2)C2CC2)ccc1N. The van der Waals surface area contributed by atoms with Crippen molar-refractivity contribution in [2.24, 2.45) is 0 Å². The van der Waals surface area contributed by atoms with Gasteiger partial charge in [0.05, 0.1) is 11.4 Å². The molecular weight excluding hydrogens is 234 g/mol. The van der Waals surface area contributed by atoms with Crippen LogP contribution in [0.4, 0.5) is 11.5 Å². The second-order valence-corrected chi connectivity index (χ2v) is 5.19. The summed E-state index contributed by atoms with van der Waals surface area (Å²) in [6.45, 7) is 2.88. The smallest absolute Gasteiger partial charge is 0.129 e. The van der Waals surface area contributed by atoms with Crippen molar-refractivity contribution in [2.45, 2.75) is 32.4 Å². The van der Waals surface area contributed by atoms with Crippen LogP contribution in [0.25, 0.3) is 0 Å². The van der Waals surface area contributed by atoms with Crippen molar-refractivity contribution >= 4 is 11.5 Å². The van der Waals surface area contributed by atoms with Gasteiger partial charge >= 0.3 is 0 Å². The fourth-order valence-corrected chi connectivity index (χ4v) is 2.28. The van der Waals surface area contributed by atoms with Crippen molar-refractivity contribution in [1.29, 1.82) is 0 Å². The van der Waals surface area contributed by atoms with Gasteiger partial charge in [-0.05, 0) is 37.5 Å². The fraction of sp³-hybridized carbons (Fsp3) is 0.312. The topological polar surface area (TPSA) is 42.2 Å². The molecule has 3 nitrogen and oxygen atoms in total. The summed E-state index contributed by atoms with van der Waals surface area (Å²) in [5.74, 6) is 1.04. The molecule has 1 aliphatic carbocycles. The number of nitrogens with zero attached hydrogens (tertiary/aromatic N) is 2. The van der Waals surface area contributed by atoms with Gasteiger partial charge in [-0.2, -0.15) is 0 Å². The molecule has 98 valence electrons. The molecule has 1 aromatic heterocycles. The van der Waals surface area contributed by atoms with E-state index in [1.807, 2.05) is 19.1 Å². The third-order valence-corrected chi connectivity index (χ3v) is 3.59. The molecule has 0 bridgehead atoms. The average molecular weight is 253 g/mol. The highest BCUT2D eigenvalue weighted by molar-refractivity contribution is 5.51. The van der Waals surface area contributed by atoms with Crippen LogP contribution in [0.5, 0.6) is 0 Å². The number of nitrogen functional groups attached to an aromatic ring is 1. The third-order valence-electron chi connectivity index (χ3n) is 3.59. The van der Waals surface area contributed by atoms with Crippen LogP contribution in [0, 0.1) is 6.92 Å². The van der Waals surface area contributed by atoms with Gasteiger partial charge in [0.1, 0.15) is 5.82 Å². The number of aryl methyl sites for hydroxylation is 1. The molecule has 3 heteroatoms. The Morgan fingerprint density at radius 1 is 1.16 bits per heavy atom. The molecule has 19 heavy (non-hydrogen) atoms. The zero-order chi connectivity index (χ0) is 13.2.